The summed E-state index contributed by atoms with van der Waals surface area (Å²) in [6, 6.07) is 0. The molecule has 1 aromatic heterocycles. The number of nitrogens with two attached hydrogens (primary N) is 1. The highest BCUT2D eigenvalue weighted by molar-refractivity contribution is 5.51. The molecular weight excluding hydrogens is 240 g/mol. The van der Waals surface area contributed by atoms with E-state index in [2.05, 4.69) is 24.0 Å². The largest absolute Gasteiger partial charge is 0.330 e. The lowest BCUT2D eigenvalue weighted by molar-refractivity contribution is -0.108. The summed E-state index contributed by atoms with van der Waals surface area (Å²) in [5.74, 6) is 2.70. The van der Waals surface area contributed by atoms with Crippen molar-refractivity contribution in [2.24, 2.45) is 18.7 Å². The van der Waals surface area contributed by atoms with Crippen LogP contribution in [0.25, 0.3) is 0 Å². The fourth-order valence-corrected chi connectivity index (χ4v) is 2.29. The monoisotopic (exact) mass is 266 g/mol. The van der Waals surface area contributed by atoms with Gasteiger partial charge in [0.2, 0.25) is 0 Å². The third kappa shape index (κ3) is 4.74. The number of hydrogen-bond acceptors (Lipinski definition) is 4. The normalized spacial score (nSPS) is 12.9. The van der Waals surface area contributed by atoms with E-state index in [4.69, 9.17) is 5.73 Å². The van der Waals surface area contributed by atoms with Crippen molar-refractivity contribution in [3.63, 3.8) is 0 Å². The fourth-order valence-electron chi connectivity index (χ4n) is 2.29. The van der Waals surface area contributed by atoms with Crippen molar-refractivity contribution in [1.82, 2.24) is 14.8 Å². The molecule has 2 N–H and O–H groups in total. The second-order valence-electron chi connectivity index (χ2n) is 5.50. The van der Waals surface area contributed by atoms with Gasteiger partial charge >= 0.3 is 0 Å². The van der Waals surface area contributed by atoms with Crippen LogP contribution in [-0.4, -0.2) is 27.6 Å². The van der Waals surface area contributed by atoms with E-state index in [-0.39, 0.29) is 5.92 Å². The highest BCUT2D eigenvalue weighted by atomic mass is 16.1. The van der Waals surface area contributed by atoms with Gasteiger partial charge in [0.15, 0.2) is 0 Å². The molecule has 0 amide bonds. The van der Waals surface area contributed by atoms with Gasteiger partial charge in [-0.3, -0.25) is 0 Å². The Labute approximate surface area is 115 Å². The summed E-state index contributed by atoms with van der Waals surface area (Å²) in [6.45, 7) is 5.01. The van der Waals surface area contributed by atoms with Crippen LogP contribution < -0.4 is 5.73 Å². The van der Waals surface area contributed by atoms with E-state index >= 15 is 0 Å². The number of aryl methyl sites for hydroxylation is 1. The molecule has 0 fully saturated rings. The number of hydrogen-bond donors (Lipinski definition) is 1. The van der Waals surface area contributed by atoms with Crippen LogP contribution in [0.15, 0.2) is 0 Å². The maximum atomic E-state index is 10.7. The summed E-state index contributed by atoms with van der Waals surface area (Å²) in [5, 5.41) is 8.50. The first kappa shape index (κ1) is 15.8. The van der Waals surface area contributed by atoms with E-state index < -0.39 is 0 Å². The van der Waals surface area contributed by atoms with Crippen LogP contribution in [0.3, 0.4) is 0 Å². The molecular formula is C14H26N4O. The highest BCUT2D eigenvalue weighted by Gasteiger charge is 2.18. The molecule has 19 heavy (non-hydrogen) atoms. The lowest BCUT2D eigenvalue weighted by atomic mass is 10.0. The third-order valence-corrected chi connectivity index (χ3v) is 3.44. The van der Waals surface area contributed by atoms with Crippen molar-refractivity contribution >= 4 is 6.29 Å². The predicted molar refractivity (Wildman–Crippen MR) is 75.9 cm³/mol. The van der Waals surface area contributed by atoms with Crippen LogP contribution in [0.4, 0.5) is 0 Å². The maximum Gasteiger partial charge on any atom is 0.136 e. The Bertz CT molecular complexity index is 387. The number of aldehydes is 1. The Kier molecular flexibility index (Phi) is 6.70. The number of carbonyl (C=O) groups excluding carboxylic acids is 1. The zero-order valence-corrected chi connectivity index (χ0v) is 12.3. The quantitative estimate of drug-likeness (QED) is 0.692. The van der Waals surface area contributed by atoms with Crippen molar-refractivity contribution in [1.29, 1.82) is 0 Å². The summed E-state index contributed by atoms with van der Waals surface area (Å²) < 4.78 is 2.03. The van der Waals surface area contributed by atoms with Gasteiger partial charge in [-0.2, -0.15) is 0 Å². The minimum atomic E-state index is 0.0962. The standard InChI is InChI=1S/C14H26N4O/c1-11(2)5-4-6-13-16-17-14(18(13)3)12(7-9-15)8-10-19/h10-12H,4-9,15H2,1-3H3. The van der Waals surface area contributed by atoms with E-state index in [0.717, 1.165) is 37.2 Å². The molecule has 108 valence electrons. The van der Waals surface area contributed by atoms with Crippen LogP contribution in [0.1, 0.15) is 57.1 Å². The molecule has 0 saturated carbocycles. The molecule has 1 heterocycles. The lowest BCUT2D eigenvalue weighted by Crippen LogP contribution is -2.13. The molecule has 0 aliphatic carbocycles. The second-order valence-corrected chi connectivity index (χ2v) is 5.50. The molecule has 0 aliphatic rings. The molecule has 0 radical (unpaired) electrons. The van der Waals surface area contributed by atoms with Gasteiger partial charge in [0.25, 0.3) is 0 Å². The van der Waals surface area contributed by atoms with Crippen molar-refractivity contribution < 1.29 is 4.79 Å². The topological polar surface area (TPSA) is 73.8 Å². The Morgan fingerprint density at radius 3 is 2.63 bits per heavy atom. The Hall–Kier alpha value is -1.23. The van der Waals surface area contributed by atoms with Crippen molar-refractivity contribution in [3.05, 3.63) is 11.6 Å². The van der Waals surface area contributed by atoms with Crippen LogP contribution in [-0.2, 0) is 18.3 Å². The minimum Gasteiger partial charge on any atom is -0.330 e. The molecule has 1 aromatic rings. The first-order chi connectivity index (χ1) is 9.10. The summed E-state index contributed by atoms with van der Waals surface area (Å²) in [5.41, 5.74) is 5.59. The third-order valence-electron chi connectivity index (χ3n) is 3.44. The molecule has 1 rings (SSSR count). The second kappa shape index (κ2) is 8.04. The van der Waals surface area contributed by atoms with Gasteiger partial charge in [0, 0.05) is 25.8 Å². The van der Waals surface area contributed by atoms with Gasteiger partial charge in [-0.25, -0.2) is 0 Å². The average molecular weight is 266 g/mol. The predicted octanol–water partition coefficient (Wildman–Crippen LogP) is 1.82. The van der Waals surface area contributed by atoms with Crippen LogP contribution in [0, 0.1) is 5.92 Å². The molecule has 1 unspecified atom stereocenters. The van der Waals surface area contributed by atoms with Gasteiger partial charge < -0.3 is 15.1 Å². The molecule has 5 heteroatoms. The summed E-state index contributed by atoms with van der Waals surface area (Å²) >= 11 is 0. The van der Waals surface area contributed by atoms with E-state index in [1.807, 2.05) is 11.6 Å². The van der Waals surface area contributed by atoms with Gasteiger partial charge in [-0.05, 0) is 25.3 Å². The number of nitrogens with zero attached hydrogens (tertiary/aromatic N) is 3. The fraction of sp³-hybridized carbons (Fsp3) is 0.786. The number of rotatable bonds is 9. The Morgan fingerprint density at radius 1 is 1.32 bits per heavy atom. The molecule has 0 aromatic carbocycles. The highest BCUT2D eigenvalue weighted by Crippen LogP contribution is 2.21. The Balaban J connectivity index is 2.69. The maximum absolute atomic E-state index is 10.7. The van der Waals surface area contributed by atoms with Crippen molar-refractivity contribution in [2.45, 2.75) is 51.9 Å². The first-order valence-electron chi connectivity index (χ1n) is 7.12. The summed E-state index contributed by atoms with van der Waals surface area (Å²) in [7, 11) is 1.98. The zero-order chi connectivity index (χ0) is 14.3. The van der Waals surface area contributed by atoms with Crippen LogP contribution in [0.5, 0.6) is 0 Å². The number of aromatic nitrogens is 3. The molecule has 0 saturated heterocycles. The van der Waals surface area contributed by atoms with Gasteiger partial charge in [-0.15, -0.1) is 10.2 Å². The van der Waals surface area contributed by atoms with Crippen LogP contribution in [0.2, 0.25) is 0 Å². The van der Waals surface area contributed by atoms with Crippen molar-refractivity contribution in [3.8, 4) is 0 Å². The first-order valence-corrected chi connectivity index (χ1v) is 7.12. The zero-order valence-electron chi connectivity index (χ0n) is 12.3. The smallest absolute Gasteiger partial charge is 0.136 e. The number of carbonyl (C=O) groups is 1. The van der Waals surface area contributed by atoms with Crippen LogP contribution >= 0.6 is 0 Å². The molecule has 5 nitrogen and oxygen atoms in total. The SMILES string of the molecule is CC(C)CCCc1nnc(C(CC=O)CCN)n1C. The van der Waals surface area contributed by atoms with E-state index in [1.165, 1.54) is 6.42 Å². The van der Waals surface area contributed by atoms with Gasteiger partial charge in [0.1, 0.15) is 17.9 Å². The van der Waals surface area contributed by atoms with E-state index in [0.29, 0.717) is 18.9 Å². The van der Waals surface area contributed by atoms with E-state index in [1.54, 1.807) is 0 Å². The molecule has 0 aliphatic heterocycles. The molecule has 0 spiro atoms. The summed E-state index contributed by atoms with van der Waals surface area (Å²) in [4.78, 5) is 10.7. The Morgan fingerprint density at radius 2 is 2.05 bits per heavy atom. The molecule has 0 bridgehead atoms. The average Bonchev–Trinajstić information content (AvgIpc) is 2.70. The van der Waals surface area contributed by atoms with Gasteiger partial charge in [-0.1, -0.05) is 20.3 Å². The van der Waals surface area contributed by atoms with Crippen molar-refractivity contribution in [2.75, 3.05) is 6.54 Å². The lowest BCUT2D eigenvalue weighted by Gasteiger charge is -2.12. The van der Waals surface area contributed by atoms with E-state index in [9.17, 15) is 4.79 Å². The van der Waals surface area contributed by atoms with Gasteiger partial charge in [0.05, 0.1) is 0 Å². The molecule has 1 atom stereocenters. The summed E-state index contributed by atoms with van der Waals surface area (Å²) in [6.07, 6.45) is 5.44. The minimum absolute atomic E-state index is 0.0962.